The average molecular weight is 512 g/mol. The number of aromatic carboxylic acids is 1. The van der Waals surface area contributed by atoms with Gasteiger partial charge in [0.05, 0.1) is 16.9 Å². The van der Waals surface area contributed by atoms with Crippen LogP contribution in [0.5, 0.6) is 0 Å². The van der Waals surface area contributed by atoms with E-state index in [1.54, 1.807) is 24.3 Å². The lowest BCUT2D eigenvalue weighted by Gasteiger charge is -2.36. The summed E-state index contributed by atoms with van der Waals surface area (Å²) in [5, 5.41) is 13.3. The molecule has 8 heteroatoms. The van der Waals surface area contributed by atoms with Gasteiger partial charge in [0.1, 0.15) is 4.90 Å². The smallest absolute Gasteiger partial charge is 0.338 e. The number of hydrogen-bond donors (Lipinski definition) is 3. The summed E-state index contributed by atoms with van der Waals surface area (Å²) in [5.41, 5.74) is 2.53. The number of benzene rings is 2. The Morgan fingerprint density at radius 1 is 0.917 bits per heavy atom. The van der Waals surface area contributed by atoms with Crippen LogP contribution in [0.2, 0.25) is 0 Å². The number of nitrogens with one attached hydrogen (secondary N) is 2. The number of fused-ring (bicyclic) bond motifs is 1. The van der Waals surface area contributed by atoms with Crippen LogP contribution >= 0.6 is 0 Å². The summed E-state index contributed by atoms with van der Waals surface area (Å²) in [4.78, 5) is 14.9. The normalized spacial score (nSPS) is 19.7. The number of hydrogen-bond acceptors (Lipinski definition) is 5. The van der Waals surface area contributed by atoms with Gasteiger partial charge in [-0.25, -0.2) is 13.2 Å². The lowest BCUT2D eigenvalue weighted by Crippen LogP contribution is -2.41. The number of rotatable bonds is 8. The Bertz CT molecular complexity index is 1200. The molecule has 7 nitrogen and oxygen atoms in total. The summed E-state index contributed by atoms with van der Waals surface area (Å²) in [6.45, 7) is 2.97. The molecule has 36 heavy (non-hydrogen) atoms. The standard InChI is InChI=1S/C28H37N3O4S/c32-28(33)27-23-10-4-1-7-21(23)13-14-25(27)30-36(34,35)26-12-6-5-11-24(26)29-19-20-15-17-31(18-16-20)22-8-2-3-9-22/h5-6,11-14,20,22,29-30H,1-4,7-10,15-19H2,(H,32,33). The van der Waals surface area contributed by atoms with Crippen molar-refractivity contribution in [3.8, 4) is 0 Å². The van der Waals surface area contributed by atoms with Crippen molar-refractivity contribution in [2.24, 2.45) is 5.92 Å². The van der Waals surface area contributed by atoms with Gasteiger partial charge in [-0.15, -0.1) is 0 Å². The van der Waals surface area contributed by atoms with Gasteiger partial charge in [0.25, 0.3) is 10.0 Å². The molecule has 0 spiro atoms. The third-order valence-corrected chi connectivity index (χ3v) is 9.66. The van der Waals surface area contributed by atoms with E-state index in [0.717, 1.165) is 68.9 Å². The van der Waals surface area contributed by atoms with Crippen LogP contribution in [0, 0.1) is 5.92 Å². The predicted molar refractivity (Wildman–Crippen MR) is 142 cm³/mol. The first kappa shape index (κ1) is 25.1. The maximum absolute atomic E-state index is 13.5. The van der Waals surface area contributed by atoms with E-state index in [1.165, 1.54) is 25.7 Å². The lowest BCUT2D eigenvalue weighted by molar-refractivity contribution is 0.0696. The van der Waals surface area contributed by atoms with Crippen LogP contribution in [0.3, 0.4) is 0 Å². The van der Waals surface area contributed by atoms with Crippen molar-refractivity contribution in [1.82, 2.24) is 4.90 Å². The summed E-state index contributed by atoms with van der Waals surface area (Å²) in [6, 6.07) is 11.1. The second kappa shape index (κ2) is 10.8. The molecular formula is C28H37N3O4S. The topological polar surface area (TPSA) is 98.7 Å². The van der Waals surface area contributed by atoms with E-state index in [1.807, 2.05) is 12.1 Å². The van der Waals surface area contributed by atoms with Crippen LogP contribution in [0.25, 0.3) is 0 Å². The largest absolute Gasteiger partial charge is 0.478 e. The molecule has 3 N–H and O–H groups in total. The SMILES string of the molecule is O=C(O)c1c(NS(=O)(=O)c2ccccc2NCC2CCN(C3CCCC3)CC2)ccc2c1CCCC2. The van der Waals surface area contributed by atoms with Crippen LogP contribution < -0.4 is 10.0 Å². The average Bonchev–Trinajstić information content (AvgIpc) is 3.42. The number of carboxylic acids is 1. The van der Waals surface area contributed by atoms with Gasteiger partial charge >= 0.3 is 5.97 Å². The van der Waals surface area contributed by atoms with Gasteiger partial charge in [0, 0.05) is 12.6 Å². The van der Waals surface area contributed by atoms with Crippen molar-refractivity contribution in [2.75, 3.05) is 29.7 Å². The molecule has 3 aliphatic rings. The molecule has 0 aromatic heterocycles. The van der Waals surface area contributed by atoms with Gasteiger partial charge in [-0.05, 0) is 99.7 Å². The molecule has 2 aliphatic carbocycles. The van der Waals surface area contributed by atoms with Crippen LogP contribution in [0.1, 0.15) is 72.9 Å². The zero-order chi connectivity index (χ0) is 25.1. The maximum atomic E-state index is 13.5. The second-order valence-corrected chi connectivity index (χ2v) is 12.2. The van der Waals surface area contributed by atoms with Gasteiger partial charge in [0.2, 0.25) is 0 Å². The third-order valence-electron chi connectivity index (χ3n) is 8.24. The van der Waals surface area contributed by atoms with Gasteiger partial charge in [-0.2, -0.15) is 0 Å². The number of anilines is 2. The van der Waals surface area contributed by atoms with Crippen LogP contribution in [0.4, 0.5) is 11.4 Å². The fourth-order valence-electron chi connectivity index (χ4n) is 6.25. The molecule has 194 valence electrons. The van der Waals surface area contributed by atoms with Crippen LogP contribution in [0.15, 0.2) is 41.3 Å². The van der Waals surface area contributed by atoms with Crippen molar-refractivity contribution >= 4 is 27.4 Å². The summed E-state index contributed by atoms with van der Waals surface area (Å²) < 4.78 is 29.5. The van der Waals surface area contributed by atoms with Crippen molar-refractivity contribution in [2.45, 2.75) is 75.1 Å². The number of likely N-dealkylation sites (tertiary alicyclic amines) is 1. The number of aryl methyl sites for hydroxylation is 1. The number of nitrogens with zero attached hydrogens (tertiary/aromatic N) is 1. The molecule has 1 saturated heterocycles. The molecule has 0 radical (unpaired) electrons. The van der Waals surface area contributed by atoms with E-state index < -0.39 is 16.0 Å². The summed E-state index contributed by atoms with van der Waals surface area (Å²) in [7, 11) is -3.98. The van der Waals surface area contributed by atoms with Crippen LogP contribution in [-0.4, -0.2) is 50.1 Å². The number of para-hydroxylation sites is 1. The van der Waals surface area contributed by atoms with Gasteiger partial charge < -0.3 is 15.3 Å². The van der Waals surface area contributed by atoms with E-state index >= 15 is 0 Å². The highest BCUT2D eigenvalue weighted by atomic mass is 32.2. The number of carboxylic acid groups (broad SMARTS) is 1. The Labute approximate surface area is 214 Å². The summed E-state index contributed by atoms with van der Waals surface area (Å²) >= 11 is 0. The zero-order valence-corrected chi connectivity index (χ0v) is 21.7. The monoisotopic (exact) mass is 511 g/mol. The predicted octanol–water partition coefficient (Wildman–Crippen LogP) is 5.13. The lowest BCUT2D eigenvalue weighted by atomic mass is 9.87. The summed E-state index contributed by atoms with van der Waals surface area (Å²) in [5.74, 6) is -0.590. The van der Waals surface area contributed by atoms with Crippen molar-refractivity contribution < 1.29 is 18.3 Å². The molecule has 2 aromatic rings. The van der Waals surface area contributed by atoms with Gasteiger partial charge in [0.15, 0.2) is 0 Å². The minimum absolute atomic E-state index is 0.0789. The minimum atomic E-state index is -3.98. The van der Waals surface area contributed by atoms with Crippen LogP contribution in [-0.2, 0) is 22.9 Å². The summed E-state index contributed by atoms with van der Waals surface area (Å²) in [6.07, 6.45) is 11.0. The zero-order valence-electron chi connectivity index (χ0n) is 20.8. The number of carbonyl (C=O) groups is 1. The highest BCUT2D eigenvalue weighted by Crippen LogP contribution is 2.33. The van der Waals surface area contributed by atoms with E-state index in [-0.39, 0.29) is 16.1 Å². The Hall–Kier alpha value is -2.58. The molecule has 0 atom stereocenters. The van der Waals surface area contributed by atoms with E-state index in [2.05, 4.69) is 14.9 Å². The number of piperidine rings is 1. The Morgan fingerprint density at radius 3 is 2.39 bits per heavy atom. The highest BCUT2D eigenvalue weighted by molar-refractivity contribution is 7.92. The Balaban J connectivity index is 1.29. The fraction of sp³-hybridized carbons (Fsp3) is 0.536. The Kier molecular flexibility index (Phi) is 7.53. The molecule has 2 aromatic carbocycles. The quantitative estimate of drug-likeness (QED) is 0.454. The molecular weight excluding hydrogens is 474 g/mol. The molecule has 1 saturated carbocycles. The second-order valence-electron chi connectivity index (χ2n) is 10.5. The minimum Gasteiger partial charge on any atom is -0.478 e. The van der Waals surface area contributed by atoms with Gasteiger partial charge in [-0.3, -0.25) is 4.72 Å². The first-order valence-electron chi connectivity index (χ1n) is 13.4. The molecule has 2 fully saturated rings. The molecule has 0 bridgehead atoms. The van der Waals surface area contributed by atoms with Gasteiger partial charge in [-0.1, -0.05) is 31.0 Å². The molecule has 5 rings (SSSR count). The molecule has 1 heterocycles. The first-order chi connectivity index (χ1) is 17.4. The molecule has 0 unspecified atom stereocenters. The molecule has 0 amide bonds. The van der Waals surface area contributed by atoms with E-state index in [9.17, 15) is 18.3 Å². The van der Waals surface area contributed by atoms with Crippen molar-refractivity contribution in [3.63, 3.8) is 0 Å². The molecule has 1 aliphatic heterocycles. The Morgan fingerprint density at radius 2 is 1.64 bits per heavy atom. The maximum Gasteiger partial charge on any atom is 0.338 e. The number of sulfonamides is 1. The van der Waals surface area contributed by atoms with Crippen molar-refractivity contribution in [3.05, 3.63) is 53.1 Å². The first-order valence-corrected chi connectivity index (χ1v) is 14.9. The van der Waals surface area contributed by atoms with E-state index in [4.69, 9.17) is 0 Å². The third kappa shape index (κ3) is 5.39. The van der Waals surface area contributed by atoms with Crippen molar-refractivity contribution in [1.29, 1.82) is 0 Å². The fourth-order valence-corrected chi connectivity index (χ4v) is 7.51. The van der Waals surface area contributed by atoms with E-state index in [0.29, 0.717) is 18.0 Å². The highest BCUT2D eigenvalue weighted by Gasteiger charge is 2.28.